The van der Waals surface area contributed by atoms with E-state index in [9.17, 15) is 9.59 Å². The van der Waals surface area contributed by atoms with Crippen molar-refractivity contribution in [2.45, 2.75) is 38.5 Å². The van der Waals surface area contributed by atoms with Crippen molar-refractivity contribution in [2.75, 3.05) is 24.3 Å². The van der Waals surface area contributed by atoms with E-state index in [1.165, 1.54) is 11.8 Å². The lowest BCUT2D eigenvalue weighted by atomic mass is 10.0. The largest absolute Gasteiger partial charge is 0.486 e. The molecule has 0 aliphatic carbocycles. The fourth-order valence-electron chi connectivity index (χ4n) is 2.86. The Bertz CT molecular complexity index is 870. The number of aryl methyl sites for hydroxylation is 1. The molecule has 0 bridgehead atoms. The minimum Gasteiger partial charge on any atom is -0.486 e. The highest BCUT2D eigenvalue weighted by atomic mass is 32.2. The highest BCUT2D eigenvalue weighted by Crippen LogP contribution is 2.33. The van der Waals surface area contributed by atoms with Crippen LogP contribution in [0.3, 0.4) is 0 Å². The number of nitrogens with one attached hydrogen (secondary N) is 2. The average molecular weight is 420 g/mol. The Balaban J connectivity index is 1.50. The molecule has 1 aromatic carbocycles. The van der Waals surface area contributed by atoms with Crippen LogP contribution in [-0.2, 0) is 9.59 Å². The van der Waals surface area contributed by atoms with Crippen LogP contribution in [0.5, 0.6) is 11.5 Å². The van der Waals surface area contributed by atoms with Crippen molar-refractivity contribution >= 4 is 29.4 Å². The summed E-state index contributed by atoms with van der Waals surface area (Å²) in [5, 5.41) is 9.02. The van der Waals surface area contributed by atoms with Gasteiger partial charge in [-0.25, -0.2) is 0 Å². The van der Waals surface area contributed by atoms with Gasteiger partial charge in [0.05, 0.1) is 17.0 Å². The molecule has 8 nitrogen and oxygen atoms in total. The lowest BCUT2D eigenvalue weighted by Crippen LogP contribution is -2.31. The van der Waals surface area contributed by atoms with Gasteiger partial charge in [-0.05, 0) is 38.0 Å². The lowest BCUT2D eigenvalue weighted by Gasteiger charge is -2.22. The molecule has 29 heavy (non-hydrogen) atoms. The van der Waals surface area contributed by atoms with Gasteiger partial charge in [0.2, 0.25) is 11.8 Å². The SMILES string of the molecule is CCC(NC(=O)CSC(C)C(=O)Nc1cc(C)on1)c1ccc2c(c1)OCCO2. The summed E-state index contributed by atoms with van der Waals surface area (Å²) in [5.74, 6) is 2.22. The van der Waals surface area contributed by atoms with E-state index in [4.69, 9.17) is 14.0 Å². The summed E-state index contributed by atoms with van der Waals surface area (Å²) in [4.78, 5) is 24.6. The topological polar surface area (TPSA) is 103 Å². The first-order chi connectivity index (χ1) is 14.0. The monoisotopic (exact) mass is 419 g/mol. The molecule has 1 aliphatic heterocycles. The van der Waals surface area contributed by atoms with E-state index >= 15 is 0 Å². The molecule has 2 atom stereocenters. The predicted molar refractivity (Wildman–Crippen MR) is 110 cm³/mol. The number of benzene rings is 1. The number of hydrogen-bond donors (Lipinski definition) is 2. The molecule has 156 valence electrons. The molecule has 0 radical (unpaired) electrons. The van der Waals surface area contributed by atoms with Crippen LogP contribution in [0.4, 0.5) is 5.82 Å². The molecular weight excluding hydrogens is 394 g/mol. The van der Waals surface area contributed by atoms with E-state index in [1.807, 2.05) is 25.1 Å². The number of rotatable bonds is 8. The van der Waals surface area contributed by atoms with Crippen LogP contribution < -0.4 is 20.1 Å². The standard InChI is InChI=1S/C20H25N3O5S/c1-4-15(14-5-6-16-17(10-14)27-8-7-26-16)21-19(24)11-29-13(3)20(25)22-18-9-12(2)28-23-18/h5-6,9-10,13,15H,4,7-8,11H2,1-3H3,(H,21,24)(H,22,23,25). The Morgan fingerprint density at radius 2 is 1.97 bits per heavy atom. The van der Waals surface area contributed by atoms with Gasteiger partial charge in [-0.2, -0.15) is 0 Å². The molecule has 0 fully saturated rings. The number of thioether (sulfide) groups is 1. The molecule has 2 N–H and O–H groups in total. The summed E-state index contributed by atoms with van der Waals surface area (Å²) in [6, 6.07) is 7.21. The molecule has 0 saturated heterocycles. The molecule has 1 aliphatic rings. The van der Waals surface area contributed by atoms with Crippen LogP contribution in [0.25, 0.3) is 0 Å². The van der Waals surface area contributed by atoms with Crippen molar-refractivity contribution < 1.29 is 23.6 Å². The van der Waals surface area contributed by atoms with Gasteiger partial charge in [-0.3, -0.25) is 9.59 Å². The van der Waals surface area contributed by atoms with Crippen molar-refractivity contribution in [3.05, 3.63) is 35.6 Å². The summed E-state index contributed by atoms with van der Waals surface area (Å²) < 4.78 is 16.1. The molecule has 1 aromatic heterocycles. The van der Waals surface area contributed by atoms with E-state index in [-0.39, 0.29) is 23.6 Å². The Kier molecular flexibility index (Phi) is 7.03. The molecule has 0 saturated carbocycles. The second-order valence-electron chi connectivity index (χ2n) is 6.70. The van der Waals surface area contributed by atoms with Crippen molar-refractivity contribution in [2.24, 2.45) is 0 Å². The highest BCUT2D eigenvalue weighted by molar-refractivity contribution is 8.01. The van der Waals surface area contributed by atoms with Gasteiger partial charge in [0.25, 0.3) is 0 Å². The molecule has 2 amide bonds. The minimum absolute atomic E-state index is 0.131. The van der Waals surface area contributed by atoms with Crippen LogP contribution in [0.1, 0.15) is 37.6 Å². The third kappa shape index (κ3) is 5.66. The second-order valence-corrected chi connectivity index (χ2v) is 8.03. The Morgan fingerprint density at radius 3 is 2.66 bits per heavy atom. The summed E-state index contributed by atoms with van der Waals surface area (Å²) in [7, 11) is 0. The number of nitrogens with zero attached hydrogens (tertiary/aromatic N) is 1. The average Bonchev–Trinajstić information content (AvgIpc) is 3.14. The smallest absolute Gasteiger partial charge is 0.238 e. The summed E-state index contributed by atoms with van der Waals surface area (Å²) >= 11 is 1.26. The molecule has 2 unspecified atom stereocenters. The summed E-state index contributed by atoms with van der Waals surface area (Å²) in [5.41, 5.74) is 0.960. The zero-order valence-corrected chi connectivity index (χ0v) is 17.5. The van der Waals surface area contributed by atoms with Crippen molar-refractivity contribution in [3.8, 4) is 11.5 Å². The van der Waals surface area contributed by atoms with Crippen molar-refractivity contribution in [1.82, 2.24) is 10.5 Å². The number of hydrogen-bond acceptors (Lipinski definition) is 7. The maximum atomic E-state index is 12.4. The van der Waals surface area contributed by atoms with E-state index in [0.717, 1.165) is 17.7 Å². The fraction of sp³-hybridized carbons (Fsp3) is 0.450. The van der Waals surface area contributed by atoms with Gasteiger partial charge in [-0.1, -0.05) is 18.1 Å². The third-order valence-corrected chi connectivity index (χ3v) is 5.57. The molecule has 3 rings (SSSR count). The van der Waals surface area contributed by atoms with E-state index in [2.05, 4.69) is 15.8 Å². The molecule has 2 aromatic rings. The number of amides is 2. The summed E-state index contributed by atoms with van der Waals surface area (Å²) in [6.07, 6.45) is 0.734. The maximum absolute atomic E-state index is 12.4. The van der Waals surface area contributed by atoms with Gasteiger partial charge in [0.15, 0.2) is 17.3 Å². The van der Waals surface area contributed by atoms with Gasteiger partial charge in [-0.15, -0.1) is 11.8 Å². The number of carbonyl (C=O) groups excluding carboxylic acids is 2. The lowest BCUT2D eigenvalue weighted by molar-refractivity contribution is -0.119. The number of carbonyl (C=O) groups is 2. The molecule has 0 spiro atoms. The van der Waals surface area contributed by atoms with Gasteiger partial charge < -0.3 is 24.6 Å². The Morgan fingerprint density at radius 1 is 1.21 bits per heavy atom. The minimum atomic E-state index is -0.410. The molecular formula is C20H25N3O5S. The van der Waals surface area contributed by atoms with Crippen LogP contribution in [0.2, 0.25) is 0 Å². The molecule has 2 heterocycles. The van der Waals surface area contributed by atoms with Gasteiger partial charge >= 0.3 is 0 Å². The van der Waals surface area contributed by atoms with Crippen molar-refractivity contribution in [1.29, 1.82) is 0 Å². The zero-order chi connectivity index (χ0) is 20.8. The first kappa shape index (κ1) is 21.0. The van der Waals surface area contributed by atoms with Crippen LogP contribution in [0, 0.1) is 6.92 Å². The third-order valence-electron chi connectivity index (χ3n) is 4.42. The highest BCUT2D eigenvalue weighted by Gasteiger charge is 2.20. The van der Waals surface area contributed by atoms with Crippen molar-refractivity contribution in [3.63, 3.8) is 0 Å². The van der Waals surface area contributed by atoms with E-state index < -0.39 is 5.25 Å². The maximum Gasteiger partial charge on any atom is 0.238 e. The Hall–Kier alpha value is -2.68. The fourth-order valence-corrected chi connectivity index (χ4v) is 3.56. The van der Waals surface area contributed by atoms with Crippen LogP contribution in [0.15, 0.2) is 28.8 Å². The number of fused-ring (bicyclic) bond motifs is 1. The normalized spacial score (nSPS) is 14.7. The van der Waals surface area contributed by atoms with Crippen LogP contribution >= 0.6 is 11.8 Å². The Labute approximate surface area is 173 Å². The van der Waals surface area contributed by atoms with Crippen LogP contribution in [-0.4, -0.2) is 41.2 Å². The number of aromatic nitrogens is 1. The quantitative estimate of drug-likeness (QED) is 0.678. The number of ether oxygens (including phenoxy) is 2. The molecule has 9 heteroatoms. The number of anilines is 1. The first-order valence-electron chi connectivity index (χ1n) is 9.51. The predicted octanol–water partition coefficient (Wildman–Crippen LogP) is 3.08. The zero-order valence-electron chi connectivity index (χ0n) is 16.7. The summed E-state index contributed by atoms with van der Waals surface area (Å²) in [6.45, 7) is 6.56. The van der Waals surface area contributed by atoms with E-state index in [0.29, 0.717) is 30.5 Å². The second kappa shape index (κ2) is 9.69. The first-order valence-corrected chi connectivity index (χ1v) is 10.6. The van der Waals surface area contributed by atoms with Gasteiger partial charge in [0.1, 0.15) is 19.0 Å². The van der Waals surface area contributed by atoms with Gasteiger partial charge in [0, 0.05) is 6.07 Å². The van der Waals surface area contributed by atoms with E-state index in [1.54, 1.807) is 19.9 Å².